The Labute approximate surface area is 114 Å². The van der Waals surface area contributed by atoms with E-state index in [1.165, 1.54) is 10.9 Å². The number of rotatable bonds is 4. The van der Waals surface area contributed by atoms with E-state index in [1.54, 1.807) is 7.11 Å². The highest BCUT2D eigenvalue weighted by atomic mass is 28.3. The number of methoxy groups -OCH3 is 1. The largest absolute Gasteiger partial charge is 0.497 e. The number of hydrogen-bond donors (Lipinski definition) is 0. The average molecular weight is 282 g/mol. The number of hydrogen-bond acceptors (Lipinski definition) is 2. The number of nitrogens with zero attached hydrogens (tertiary/aromatic N) is 1. The quantitative estimate of drug-likeness (QED) is 0.783. The van der Waals surface area contributed by atoms with Crippen LogP contribution in [0.5, 0.6) is 5.75 Å². The fraction of sp³-hybridized carbons (Fsp3) is 0.571. The molecule has 0 radical (unpaired) electrons. The van der Waals surface area contributed by atoms with Gasteiger partial charge in [-0.1, -0.05) is 45.3 Å². The SMILES string of the molecule is COc1cccc(N(C)[Si](C)(C)C)c1[Si](C)(C)C. The van der Waals surface area contributed by atoms with Crippen molar-refractivity contribution in [3.05, 3.63) is 18.2 Å². The van der Waals surface area contributed by atoms with Crippen LogP contribution in [-0.4, -0.2) is 30.5 Å². The Kier molecular flexibility index (Phi) is 4.33. The Morgan fingerprint density at radius 2 is 1.56 bits per heavy atom. The lowest BCUT2D eigenvalue weighted by atomic mass is 10.3. The second kappa shape index (κ2) is 5.09. The zero-order valence-electron chi connectivity index (χ0n) is 13.1. The standard InChI is InChI=1S/C14H27NOSi2/c1-15(18(6,7)8)12-10-9-11-13(16-2)14(12)17(3,4)5/h9-11H,1-8H3. The molecule has 18 heavy (non-hydrogen) atoms. The summed E-state index contributed by atoms with van der Waals surface area (Å²) in [6, 6.07) is 6.44. The molecule has 0 saturated carbocycles. The van der Waals surface area contributed by atoms with E-state index < -0.39 is 16.3 Å². The van der Waals surface area contributed by atoms with Gasteiger partial charge in [-0.25, -0.2) is 0 Å². The van der Waals surface area contributed by atoms with Crippen molar-refractivity contribution < 1.29 is 4.74 Å². The van der Waals surface area contributed by atoms with Crippen LogP contribution in [0.15, 0.2) is 18.2 Å². The molecule has 0 N–H and O–H groups in total. The molecule has 0 unspecified atom stereocenters. The van der Waals surface area contributed by atoms with E-state index in [4.69, 9.17) is 4.74 Å². The molecule has 0 aliphatic carbocycles. The smallest absolute Gasteiger partial charge is 0.147 e. The van der Waals surface area contributed by atoms with Crippen molar-refractivity contribution in [1.29, 1.82) is 0 Å². The van der Waals surface area contributed by atoms with Crippen LogP contribution in [0.3, 0.4) is 0 Å². The van der Waals surface area contributed by atoms with Crippen LogP contribution >= 0.6 is 0 Å². The van der Waals surface area contributed by atoms with Gasteiger partial charge in [-0.05, 0) is 19.2 Å². The maximum atomic E-state index is 5.60. The Balaban J connectivity index is 3.45. The highest BCUT2D eigenvalue weighted by Crippen LogP contribution is 2.26. The zero-order valence-corrected chi connectivity index (χ0v) is 15.1. The van der Waals surface area contributed by atoms with Crippen LogP contribution in [-0.2, 0) is 0 Å². The van der Waals surface area contributed by atoms with Gasteiger partial charge in [-0.3, -0.25) is 0 Å². The minimum absolute atomic E-state index is 1.05. The predicted molar refractivity (Wildman–Crippen MR) is 87.7 cm³/mol. The van der Waals surface area contributed by atoms with Gasteiger partial charge < -0.3 is 9.30 Å². The molecule has 102 valence electrons. The first-order chi connectivity index (χ1) is 8.09. The van der Waals surface area contributed by atoms with Gasteiger partial charge in [-0.2, -0.15) is 0 Å². The maximum absolute atomic E-state index is 5.60. The molecule has 1 aromatic carbocycles. The van der Waals surface area contributed by atoms with Crippen LogP contribution < -0.4 is 14.5 Å². The van der Waals surface area contributed by atoms with Crippen LogP contribution in [0.2, 0.25) is 39.3 Å². The van der Waals surface area contributed by atoms with Gasteiger partial charge in [-0.15, -0.1) is 0 Å². The molecule has 0 spiro atoms. The third-order valence-electron chi connectivity index (χ3n) is 3.34. The summed E-state index contributed by atoms with van der Waals surface area (Å²) in [6.07, 6.45) is 0. The van der Waals surface area contributed by atoms with Crippen molar-refractivity contribution in [1.82, 2.24) is 0 Å². The third-order valence-corrected chi connectivity index (χ3v) is 7.60. The van der Waals surface area contributed by atoms with Crippen molar-refractivity contribution >= 4 is 27.2 Å². The van der Waals surface area contributed by atoms with E-state index in [1.807, 2.05) is 0 Å². The Morgan fingerprint density at radius 3 is 1.94 bits per heavy atom. The Morgan fingerprint density at radius 1 is 1.00 bits per heavy atom. The van der Waals surface area contributed by atoms with Gasteiger partial charge in [0, 0.05) is 10.9 Å². The molecule has 1 aromatic rings. The predicted octanol–water partition coefficient (Wildman–Crippen LogP) is 3.51. The van der Waals surface area contributed by atoms with Gasteiger partial charge >= 0.3 is 0 Å². The fourth-order valence-electron chi connectivity index (χ4n) is 2.08. The molecule has 0 saturated heterocycles. The third kappa shape index (κ3) is 3.17. The molecule has 0 bridgehead atoms. The van der Waals surface area contributed by atoms with E-state index >= 15 is 0 Å². The van der Waals surface area contributed by atoms with E-state index in [0.29, 0.717) is 0 Å². The van der Waals surface area contributed by atoms with Crippen molar-refractivity contribution in [2.75, 3.05) is 18.7 Å². The minimum Gasteiger partial charge on any atom is -0.497 e. The Hall–Kier alpha value is -0.746. The summed E-state index contributed by atoms with van der Waals surface area (Å²) in [5, 5.41) is 1.44. The van der Waals surface area contributed by atoms with E-state index in [9.17, 15) is 0 Å². The summed E-state index contributed by atoms with van der Waals surface area (Å²) < 4.78 is 8.09. The first-order valence-electron chi connectivity index (χ1n) is 6.50. The molecule has 1 rings (SSSR count). The fourth-order valence-corrected chi connectivity index (χ4v) is 5.05. The molecule has 0 heterocycles. The second-order valence-corrected chi connectivity index (χ2v) is 16.8. The lowest BCUT2D eigenvalue weighted by Gasteiger charge is -2.37. The molecule has 0 atom stereocenters. The van der Waals surface area contributed by atoms with Crippen molar-refractivity contribution in [3.8, 4) is 5.75 Å². The molecule has 2 nitrogen and oxygen atoms in total. The summed E-state index contributed by atoms with van der Waals surface area (Å²) in [7, 11) is 1.23. The molecule has 4 heteroatoms. The molecular formula is C14H27NOSi2. The number of ether oxygens (including phenoxy) is 1. The summed E-state index contributed by atoms with van der Waals surface area (Å²) in [5.74, 6) is 1.05. The zero-order chi connectivity index (χ0) is 14.1. The van der Waals surface area contributed by atoms with Gasteiger partial charge in [0.05, 0.1) is 15.2 Å². The summed E-state index contributed by atoms with van der Waals surface area (Å²) in [4.78, 5) is 0. The van der Waals surface area contributed by atoms with E-state index in [0.717, 1.165) is 5.75 Å². The molecule has 0 aromatic heterocycles. The second-order valence-electron chi connectivity index (χ2n) is 6.83. The topological polar surface area (TPSA) is 12.5 Å². The normalized spacial score (nSPS) is 12.4. The van der Waals surface area contributed by atoms with Crippen LogP contribution in [0.4, 0.5) is 5.69 Å². The van der Waals surface area contributed by atoms with Crippen LogP contribution in [0.25, 0.3) is 0 Å². The average Bonchev–Trinajstić information content (AvgIpc) is 2.24. The van der Waals surface area contributed by atoms with E-state index in [-0.39, 0.29) is 0 Å². The summed E-state index contributed by atoms with van der Waals surface area (Å²) in [5.41, 5.74) is 1.37. The number of anilines is 1. The maximum Gasteiger partial charge on any atom is 0.147 e. The monoisotopic (exact) mass is 281 g/mol. The summed E-state index contributed by atoms with van der Waals surface area (Å²) in [6.45, 7) is 14.3. The van der Waals surface area contributed by atoms with Gasteiger partial charge in [0.1, 0.15) is 14.0 Å². The van der Waals surface area contributed by atoms with Crippen molar-refractivity contribution in [2.24, 2.45) is 0 Å². The van der Waals surface area contributed by atoms with Gasteiger partial charge in [0.25, 0.3) is 0 Å². The molecular weight excluding hydrogens is 254 g/mol. The first-order valence-corrected chi connectivity index (χ1v) is 13.4. The molecule has 0 aliphatic rings. The van der Waals surface area contributed by atoms with E-state index in [2.05, 4.69) is 69.1 Å². The minimum atomic E-state index is -1.43. The van der Waals surface area contributed by atoms with Crippen molar-refractivity contribution in [3.63, 3.8) is 0 Å². The van der Waals surface area contributed by atoms with Crippen molar-refractivity contribution in [2.45, 2.75) is 39.3 Å². The van der Waals surface area contributed by atoms with Gasteiger partial charge in [0.2, 0.25) is 0 Å². The molecule has 0 aliphatic heterocycles. The highest BCUT2D eigenvalue weighted by molar-refractivity contribution is 6.91. The van der Waals surface area contributed by atoms with Crippen LogP contribution in [0.1, 0.15) is 0 Å². The highest BCUT2D eigenvalue weighted by Gasteiger charge is 2.30. The Bertz CT molecular complexity index is 419. The van der Waals surface area contributed by atoms with Crippen LogP contribution in [0, 0.1) is 0 Å². The molecule has 0 amide bonds. The molecule has 0 fully saturated rings. The summed E-state index contributed by atoms with van der Waals surface area (Å²) >= 11 is 0. The lowest BCUT2D eigenvalue weighted by molar-refractivity contribution is 0.418. The van der Waals surface area contributed by atoms with Gasteiger partial charge in [0.15, 0.2) is 0 Å². The lowest BCUT2D eigenvalue weighted by Crippen LogP contribution is -2.49. The number of benzene rings is 1. The first kappa shape index (κ1) is 15.3.